The molecule has 1 unspecified atom stereocenters. The first-order valence-electron chi connectivity index (χ1n) is 11.6. The van der Waals surface area contributed by atoms with Crippen molar-refractivity contribution in [2.75, 3.05) is 11.5 Å². The van der Waals surface area contributed by atoms with Crippen molar-refractivity contribution < 1.29 is 23.8 Å². The van der Waals surface area contributed by atoms with Crippen molar-refractivity contribution >= 4 is 23.1 Å². The van der Waals surface area contributed by atoms with Gasteiger partial charge in [0.15, 0.2) is 0 Å². The van der Waals surface area contributed by atoms with Crippen molar-refractivity contribution in [1.29, 1.82) is 0 Å². The van der Waals surface area contributed by atoms with Crippen LogP contribution in [0.5, 0.6) is 5.75 Å². The number of ether oxygens (including phenoxy) is 1. The van der Waals surface area contributed by atoms with E-state index in [4.69, 9.17) is 4.74 Å². The number of Topliss-reactive ketones (excluding diaryl/α,β-unsaturated/α-hetero) is 1. The predicted octanol–water partition coefficient (Wildman–Crippen LogP) is 6.28. The Bertz CT molecular complexity index is 1310. The van der Waals surface area contributed by atoms with E-state index in [-0.39, 0.29) is 22.8 Å². The van der Waals surface area contributed by atoms with Gasteiger partial charge in [-0.05, 0) is 61.7 Å². The number of carbonyl (C=O) groups excluding carboxylic acids is 2. The molecule has 1 saturated heterocycles. The van der Waals surface area contributed by atoms with Gasteiger partial charge in [-0.15, -0.1) is 0 Å². The molecule has 6 heteroatoms. The summed E-state index contributed by atoms with van der Waals surface area (Å²) in [5.74, 6) is -1.84. The second kappa shape index (κ2) is 9.74. The zero-order valence-corrected chi connectivity index (χ0v) is 20.2. The minimum Gasteiger partial charge on any atom is -0.507 e. The second-order valence-corrected chi connectivity index (χ2v) is 8.87. The number of hydrogen-bond donors (Lipinski definition) is 1. The van der Waals surface area contributed by atoms with Gasteiger partial charge in [-0.1, -0.05) is 49.7 Å². The number of halogens is 1. The molecule has 35 heavy (non-hydrogen) atoms. The van der Waals surface area contributed by atoms with E-state index < -0.39 is 23.5 Å². The largest absolute Gasteiger partial charge is 0.507 e. The number of hydrogen-bond acceptors (Lipinski definition) is 4. The highest BCUT2D eigenvalue weighted by molar-refractivity contribution is 6.51. The lowest BCUT2D eigenvalue weighted by molar-refractivity contribution is -0.132. The third-order valence-corrected chi connectivity index (χ3v) is 6.16. The molecule has 3 aromatic carbocycles. The van der Waals surface area contributed by atoms with Crippen molar-refractivity contribution in [3.63, 3.8) is 0 Å². The number of amides is 1. The lowest BCUT2D eigenvalue weighted by Gasteiger charge is -2.26. The standard InChI is InChI=1S/C29H28FNO4/c1-5-35-24-15-12-19(16-22(24)17(2)3)27(32)25-26(21-8-6-7-9-23(21)30)31(29(34)28(25)33)20-13-10-18(4)11-14-20/h6-17,26,32H,5H2,1-4H3/b27-25+. The zero-order valence-electron chi connectivity index (χ0n) is 20.2. The zero-order chi connectivity index (χ0) is 25.3. The van der Waals surface area contributed by atoms with Gasteiger partial charge >= 0.3 is 0 Å². The maximum absolute atomic E-state index is 15.0. The van der Waals surface area contributed by atoms with Gasteiger partial charge in [0, 0.05) is 16.8 Å². The van der Waals surface area contributed by atoms with Gasteiger partial charge < -0.3 is 9.84 Å². The van der Waals surface area contributed by atoms with Gasteiger partial charge in [-0.25, -0.2) is 4.39 Å². The van der Waals surface area contributed by atoms with Gasteiger partial charge in [-0.3, -0.25) is 14.5 Å². The molecule has 180 valence electrons. The third-order valence-electron chi connectivity index (χ3n) is 6.16. The minimum absolute atomic E-state index is 0.0848. The highest BCUT2D eigenvalue weighted by Gasteiger charge is 2.47. The molecule has 1 N–H and O–H groups in total. The molecule has 1 heterocycles. The smallest absolute Gasteiger partial charge is 0.300 e. The minimum atomic E-state index is -1.12. The van der Waals surface area contributed by atoms with E-state index in [0.29, 0.717) is 23.6 Å². The summed E-state index contributed by atoms with van der Waals surface area (Å²) in [5, 5.41) is 11.4. The summed E-state index contributed by atoms with van der Waals surface area (Å²) in [4.78, 5) is 27.8. The fourth-order valence-corrected chi connectivity index (χ4v) is 4.38. The summed E-state index contributed by atoms with van der Waals surface area (Å²) in [6.45, 7) is 8.28. The number of aliphatic hydroxyl groups is 1. The summed E-state index contributed by atoms with van der Waals surface area (Å²) >= 11 is 0. The maximum Gasteiger partial charge on any atom is 0.300 e. The molecule has 0 radical (unpaired) electrons. The first-order chi connectivity index (χ1) is 16.7. The number of benzene rings is 3. The van der Waals surface area contributed by atoms with E-state index in [1.54, 1.807) is 36.4 Å². The molecule has 0 aromatic heterocycles. The van der Waals surface area contributed by atoms with E-state index in [1.165, 1.54) is 23.1 Å². The van der Waals surface area contributed by atoms with Crippen LogP contribution in [0.15, 0.2) is 72.3 Å². The number of aliphatic hydroxyl groups excluding tert-OH is 1. The molecule has 0 saturated carbocycles. The number of aryl methyl sites for hydroxylation is 1. The maximum atomic E-state index is 15.0. The van der Waals surface area contributed by atoms with Crippen LogP contribution in [0, 0.1) is 12.7 Å². The Morgan fingerprint density at radius 2 is 1.74 bits per heavy atom. The molecule has 1 aliphatic rings. The third kappa shape index (κ3) is 4.44. The first-order valence-corrected chi connectivity index (χ1v) is 11.6. The fraction of sp³-hybridized carbons (Fsp3) is 0.241. The van der Waals surface area contributed by atoms with Crippen molar-refractivity contribution in [3.8, 4) is 5.75 Å². The number of nitrogens with zero attached hydrogens (tertiary/aromatic N) is 1. The van der Waals surface area contributed by atoms with Crippen LogP contribution in [0.2, 0.25) is 0 Å². The fourth-order valence-electron chi connectivity index (χ4n) is 4.38. The number of rotatable bonds is 6. The predicted molar refractivity (Wildman–Crippen MR) is 134 cm³/mol. The number of carbonyl (C=O) groups is 2. The molecular formula is C29H28FNO4. The SMILES string of the molecule is CCOc1ccc(/C(O)=C2\C(=O)C(=O)N(c3ccc(C)cc3)C2c2ccccc2F)cc1C(C)C. The lowest BCUT2D eigenvalue weighted by atomic mass is 9.93. The van der Waals surface area contributed by atoms with E-state index in [2.05, 4.69) is 0 Å². The molecule has 0 spiro atoms. The van der Waals surface area contributed by atoms with E-state index >= 15 is 4.39 Å². The topological polar surface area (TPSA) is 66.8 Å². The first kappa shape index (κ1) is 24.2. The average Bonchev–Trinajstić information content (AvgIpc) is 3.10. The molecule has 4 rings (SSSR count). The summed E-state index contributed by atoms with van der Waals surface area (Å²) in [5.41, 5.74) is 2.61. The Hall–Kier alpha value is -3.93. The lowest BCUT2D eigenvalue weighted by Crippen LogP contribution is -2.29. The molecular weight excluding hydrogens is 445 g/mol. The monoisotopic (exact) mass is 473 g/mol. The summed E-state index contributed by atoms with van der Waals surface area (Å²) < 4.78 is 20.7. The number of ketones is 1. The Morgan fingerprint density at radius 1 is 1.06 bits per heavy atom. The van der Waals surface area contributed by atoms with Crippen molar-refractivity contribution in [2.24, 2.45) is 0 Å². The van der Waals surface area contributed by atoms with Crippen LogP contribution in [0.1, 0.15) is 55.0 Å². The van der Waals surface area contributed by atoms with Gasteiger partial charge in [0.1, 0.15) is 17.3 Å². The molecule has 5 nitrogen and oxygen atoms in total. The summed E-state index contributed by atoms with van der Waals surface area (Å²) in [6, 6.07) is 17.0. The van der Waals surface area contributed by atoms with Crippen molar-refractivity contribution in [1.82, 2.24) is 0 Å². The average molecular weight is 474 g/mol. The normalized spacial score (nSPS) is 17.3. The summed E-state index contributed by atoms with van der Waals surface area (Å²) in [6.07, 6.45) is 0. The van der Waals surface area contributed by atoms with Crippen LogP contribution >= 0.6 is 0 Å². The Labute approximate surface area is 204 Å². The van der Waals surface area contributed by atoms with Crippen LogP contribution in [-0.2, 0) is 9.59 Å². The van der Waals surface area contributed by atoms with Gasteiger partial charge in [0.05, 0.1) is 18.2 Å². The van der Waals surface area contributed by atoms with Crippen LogP contribution in [-0.4, -0.2) is 23.4 Å². The highest BCUT2D eigenvalue weighted by Crippen LogP contribution is 2.43. The molecule has 1 fully saturated rings. The van der Waals surface area contributed by atoms with Crippen LogP contribution in [0.25, 0.3) is 5.76 Å². The Kier molecular flexibility index (Phi) is 6.74. The van der Waals surface area contributed by atoms with Crippen LogP contribution < -0.4 is 9.64 Å². The van der Waals surface area contributed by atoms with Crippen LogP contribution in [0.4, 0.5) is 10.1 Å². The molecule has 0 bridgehead atoms. The van der Waals surface area contributed by atoms with Crippen molar-refractivity contribution in [2.45, 2.75) is 39.7 Å². The molecule has 1 amide bonds. The number of anilines is 1. The molecule has 3 aromatic rings. The molecule has 0 aliphatic carbocycles. The molecule has 1 atom stereocenters. The summed E-state index contributed by atoms with van der Waals surface area (Å²) in [7, 11) is 0. The quantitative estimate of drug-likeness (QED) is 0.260. The highest BCUT2D eigenvalue weighted by atomic mass is 19.1. The van der Waals surface area contributed by atoms with Gasteiger partial charge in [0.25, 0.3) is 11.7 Å². The second-order valence-electron chi connectivity index (χ2n) is 8.87. The van der Waals surface area contributed by atoms with E-state index in [1.807, 2.05) is 39.8 Å². The van der Waals surface area contributed by atoms with Crippen molar-refractivity contribution in [3.05, 3.63) is 100 Å². The van der Waals surface area contributed by atoms with Crippen LogP contribution in [0.3, 0.4) is 0 Å². The van der Waals surface area contributed by atoms with E-state index in [9.17, 15) is 14.7 Å². The Morgan fingerprint density at radius 3 is 2.37 bits per heavy atom. The van der Waals surface area contributed by atoms with E-state index in [0.717, 1.165) is 11.1 Å². The van der Waals surface area contributed by atoms with Gasteiger partial charge in [-0.2, -0.15) is 0 Å². The molecule has 1 aliphatic heterocycles. The Balaban J connectivity index is 1.94. The van der Waals surface area contributed by atoms with Gasteiger partial charge in [0.2, 0.25) is 0 Å².